The lowest BCUT2D eigenvalue weighted by Gasteiger charge is -2.12. The van der Waals surface area contributed by atoms with Gasteiger partial charge in [0.05, 0.1) is 7.11 Å². The molecule has 6 nitrogen and oxygen atoms in total. The molecule has 19 heavy (non-hydrogen) atoms. The first-order valence-electron chi connectivity index (χ1n) is 5.90. The number of ether oxygens (including phenoxy) is 2. The molecule has 2 N–H and O–H groups in total. The number of hydrogen-bond acceptors (Lipinski definition) is 4. The number of nitrogens with one attached hydrogen (secondary N) is 1. The van der Waals surface area contributed by atoms with Crippen LogP contribution in [-0.4, -0.2) is 37.2 Å². The van der Waals surface area contributed by atoms with E-state index >= 15 is 0 Å². The molecular formula is C13H17NO5. The molecular weight excluding hydrogens is 250 g/mol. The number of carbonyl (C=O) groups is 2. The number of carboxylic acids is 1. The Morgan fingerprint density at radius 3 is 2.68 bits per heavy atom. The maximum absolute atomic E-state index is 11.4. The monoisotopic (exact) mass is 267 g/mol. The van der Waals surface area contributed by atoms with Gasteiger partial charge in [0.15, 0.2) is 18.1 Å². The van der Waals surface area contributed by atoms with Gasteiger partial charge < -0.3 is 19.9 Å². The lowest BCUT2D eigenvalue weighted by molar-refractivity contribution is -0.123. The lowest BCUT2D eigenvalue weighted by Crippen LogP contribution is -2.29. The summed E-state index contributed by atoms with van der Waals surface area (Å²) in [6.45, 7) is 2.24. The summed E-state index contributed by atoms with van der Waals surface area (Å²) in [5, 5.41) is 11.7. The number of carbonyl (C=O) groups excluding carboxylic acids is 1. The van der Waals surface area contributed by atoms with Crippen molar-refractivity contribution in [2.45, 2.75) is 13.3 Å². The van der Waals surface area contributed by atoms with Crippen molar-refractivity contribution >= 4 is 11.9 Å². The number of amides is 1. The molecule has 0 heterocycles. The van der Waals surface area contributed by atoms with Gasteiger partial charge in [0.25, 0.3) is 5.91 Å². The number of benzene rings is 1. The molecule has 0 aliphatic rings. The first-order chi connectivity index (χ1) is 9.10. The van der Waals surface area contributed by atoms with E-state index in [1.165, 1.54) is 13.2 Å². The van der Waals surface area contributed by atoms with Gasteiger partial charge in [-0.1, -0.05) is 13.0 Å². The molecule has 1 rings (SSSR count). The molecule has 104 valence electrons. The number of para-hydroxylation sites is 1. The summed E-state index contributed by atoms with van der Waals surface area (Å²) in [6.07, 6.45) is 0.820. The number of carboxylic acid groups (broad SMARTS) is 1. The molecule has 0 saturated carbocycles. The molecule has 0 spiro atoms. The van der Waals surface area contributed by atoms with Crippen LogP contribution in [0, 0.1) is 0 Å². The summed E-state index contributed by atoms with van der Waals surface area (Å²) < 4.78 is 10.3. The van der Waals surface area contributed by atoms with E-state index in [4.69, 9.17) is 14.6 Å². The average molecular weight is 267 g/mol. The Kier molecular flexibility index (Phi) is 5.66. The maximum Gasteiger partial charge on any atom is 0.339 e. The summed E-state index contributed by atoms with van der Waals surface area (Å²) in [6, 6.07) is 4.52. The first-order valence-corrected chi connectivity index (χ1v) is 5.90. The average Bonchev–Trinajstić information content (AvgIpc) is 2.42. The van der Waals surface area contributed by atoms with E-state index in [9.17, 15) is 9.59 Å². The molecule has 0 fully saturated rings. The standard InChI is InChI=1S/C13H17NO5/c1-3-7-14-11(15)8-19-12-9(13(16)17)5-4-6-10(12)18-2/h4-6H,3,7-8H2,1-2H3,(H,14,15)(H,16,17). The normalized spacial score (nSPS) is 9.79. The van der Waals surface area contributed by atoms with Crippen molar-refractivity contribution in [2.75, 3.05) is 20.3 Å². The molecule has 0 bridgehead atoms. The molecule has 0 aromatic heterocycles. The predicted octanol–water partition coefficient (Wildman–Crippen LogP) is 1.30. The minimum Gasteiger partial charge on any atom is -0.493 e. The molecule has 0 aliphatic carbocycles. The minimum absolute atomic E-state index is 0.0392. The van der Waals surface area contributed by atoms with Crippen LogP contribution in [-0.2, 0) is 4.79 Å². The third-order valence-corrected chi connectivity index (χ3v) is 2.35. The Morgan fingerprint density at radius 1 is 1.37 bits per heavy atom. The third kappa shape index (κ3) is 4.17. The Balaban J connectivity index is 2.81. The predicted molar refractivity (Wildman–Crippen MR) is 68.7 cm³/mol. The number of hydrogen-bond donors (Lipinski definition) is 2. The van der Waals surface area contributed by atoms with Crippen LogP contribution < -0.4 is 14.8 Å². The van der Waals surface area contributed by atoms with Crippen LogP contribution in [0.3, 0.4) is 0 Å². The first kappa shape index (κ1) is 14.8. The summed E-state index contributed by atoms with van der Waals surface area (Å²) in [5.41, 5.74) is -0.0392. The van der Waals surface area contributed by atoms with E-state index < -0.39 is 5.97 Å². The number of aromatic carboxylic acids is 1. The van der Waals surface area contributed by atoms with E-state index in [1.807, 2.05) is 6.92 Å². The van der Waals surface area contributed by atoms with E-state index in [0.29, 0.717) is 6.54 Å². The Hall–Kier alpha value is -2.24. The molecule has 0 unspecified atom stereocenters. The fourth-order valence-electron chi connectivity index (χ4n) is 1.45. The van der Waals surface area contributed by atoms with Crippen LogP contribution in [0.1, 0.15) is 23.7 Å². The highest BCUT2D eigenvalue weighted by Gasteiger charge is 2.17. The fourth-order valence-corrected chi connectivity index (χ4v) is 1.45. The van der Waals surface area contributed by atoms with Crippen molar-refractivity contribution in [3.8, 4) is 11.5 Å². The summed E-state index contributed by atoms with van der Waals surface area (Å²) in [5.74, 6) is -1.10. The zero-order valence-corrected chi connectivity index (χ0v) is 10.9. The summed E-state index contributed by atoms with van der Waals surface area (Å²) >= 11 is 0. The van der Waals surface area contributed by atoms with Gasteiger partial charge >= 0.3 is 5.97 Å². The van der Waals surface area contributed by atoms with Gasteiger partial charge in [-0.2, -0.15) is 0 Å². The van der Waals surface area contributed by atoms with Crippen LogP contribution in [0.15, 0.2) is 18.2 Å². The van der Waals surface area contributed by atoms with Crippen molar-refractivity contribution in [1.29, 1.82) is 0 Å². The van der Waals surface area contributed by atoms with Gasteiger partial charge in [-0.3, -0.25) is 4.79 Å². The van der Waals surface area contributed by atoms with Gasteiger partial charge in [0.1, 0.15) is 5.56 Å². The van der Waals surface area contributed by atoms with Crippen LogP contribution >= 0.6 is 0 Å². The molecule has 0 aliphatic heterocycles. The molecule has 1 aromatic rings. The zero-order chi connectivity index (χ0) is 14.3. The van der Waals surface area contributed by atoms with Gasteiger partial charge in [0.2, 0.25) is 0 Å². The molecule has 1 aromatic carbocycles. The summed E-state index contributed by atoms with van der Waals surface area (Å²) in [7, 11) is 1.41. The number of methoxy groups -OCH3 is 1. The lowest BCUT2D eigenvalue weighted by atomic mass is 10.2. The van der Waals surface area contributed by atoms with Crippen molar-refractivity contribution in [1.82, 2.24) is 5.32 Å². The van der Waals surface area contributed by atoms with E-state index in [2.05, 4.69) is 5.32 Å². The van der Waals surface area contributed by atoms with Crippen molar-refractivity contribution < 1.29 is 24.2 Å². The van der Waals surface area contributed by atoms with Crippen molar-refractivity contribution in [2.24, 2.45) is 0 Å². The SMILES string of the molecule is CCCNC(=O)COc1c(OC)cccc1C(=O)O. The molecule has 0 atom stereocenters. The second-order valence-electron chi connectivity index (χ2n) is 3.78. The van der Waals surface area contributed by atoms with Crippen LogP contribution in [0.4, 0.5) is 0 Å². The largest absolute Gasteiger partial charge is 0.493 e. The Labute approximate surface area is 111 Å². The van der Waals surface area contributed by atoms with Crippen LogP contribution in [0.25, 0.3) is 0 Å². The highest BCUT2D eigenvalue weighted by Crippen LogP contribution is 2.30. The zero-order valence-electron chi connectivity index (χ0n) is 10.9. The highest BCUT2D eigenvalue weighted by atomic mass is 16.5. The topological polar surface area (TPSA) is 84.9 Å². The third-order valence-electron chi connectivity index (χ3n) is 2.35. The minimum atomic E-state index is -1.14. The van der Waals surface area contributed by atoms with Gasteiger partial charge in [-0.05, 0) is 18.6 Å². The Morgan fingerprint density at radius 2 is 2.11 bits per heavy atom. The van der Waals surface area contributed by atoms with Crippen molar-refractivity contribution in [3.63, 3.8) is 0 Å². The Bertz CT molecular complexity index is 458. The van der Waals surface area contributed by atoms with Gasteiger partial charge in [-0.15, -0.1) is 0 Å². The van der Waals surface area contributed by atoms with Gasteiger partial charge in [0, 0.05) is 6.54 Å². The second kappa shape index (κ2) is 7.25. The summed E-state index contributed by atoms with van der Waals surface area (Å²) in [4.78, 5) is 22.5. The molecule has 0 saturated heterocycles. The maximum atomic E-state index is 11.4. The van der Waals surface area contributed by atoms with E-state index in [-0.39, 0.29) is 29.6 Å². The van der Waals surface area contributed by atoms with E-state index in [1.54, 1.807) is 12.1 Å². The molecule has 6 heteroatoms. The van der Waals surface area contributed by atoms with E-state index in [0.717, 1.165) is 6.42 Å². The molecule has 0 radical (unpaired) electrons. The van der Waals surface area contributed by atoms with Gasteiger partial charge in [-0.25, -0.2) is 4.79 Å². The smallest absolute Gasteiger partial charge is 0.339 e. The van der Waals surface area contributed by atoms with Crippen molar-refractivity contribution in [3.05, 3.63) is 23.8 Å². The quantitative estimate of drug-likeness (QED) is 0.777. The molecule has 1 amide bonds. The second-order valence-corrected chi connectivity index (χ2v) is 3.78. The van der Waals surface area contributed by atoms with Crippen LogP contribution in [0.2, 0.25) is 0 Å². The number of rotatable bonds is 7. The highest BCUT2D eigenvalue weighted by molar-refractivity contribution is 5.92. The fraction of sp³-hybridized carbons (Fsp3) is 0.385. The van der Waals surface area contributed by atoms with Crippen LogP contribution in [0.5, 0.6) is 11.5 Å².